The third kappa shape index (κ3) is 5.85. The van der Waals surface area contributed by atoms with Crippen molar-refractivity contribution in [1.29, 1.82) is 0 Å². The van der Waals surface area contributed by atoms with Gasteiger partial charge in [0.1, 0.15) is 0 Å². The van der Waals surface area contributed by atoms with Crippen LogP contribution in [0.25, 0.3) is 0 Å². The van der Waals surface area contributed by atoms with E-state index in [-0.39, 0.29) is 0 Å². The Morgan fingerprint density at radius 3 is 2.86 bits per heavy atom. The molecule has 0 aromatic rings. The molecule has 1 N–H and O–H groups in total. The fourth-order valence-electron chi connectivity index (χ4n) is 3.63. The molecule has 0 spiro atoms. The molecule has 2 heterocycles. The van der Waals surface area contributed by atoms with E-state index >= 15 is 0 Å². The number of hydrogen-bond acceptors (Lipinski definition) is 4. The molecule has 21 heavy (non-hydrogen) atoms. The highest BCUT2D eigenvalue weighted by molar-refractivity contribution is 4.79. The fourth-order valence-corrected chi connectivity index (χ4v) is 3.63. The second-order valence-electron chi connectivity index (χ2n) is 7.05. The molecule has 4 nitrogen and oxygen atoms in total. The first-order valence-corrected chi connectivity index (χ1v) is 8.97. The molecule has 2 atom stereocenters. The fraction of sp³-hybridized carbons (Fsp3) is 1.00. The van der Waals surface area contributed by atoms with Crippen molar-refractivity contribution in [3.05, 3.63) is 0 Å². The van der Waals surface area contributed by atoms with Crippen LogP contribution in [0.1, 0.15) is 40.0 Å². The Morgan fingerprint density at radius 2 is 2.19 bits per heavy atom. The molecule has 2 unspecified atom stereocenters. The maximum Gasteiger partial charge on any atom is 0.0829 e. The van der Waals surface area contributed by atoms with Gasteiger partial charge in [-0.15, -0.1) is 0 Å². The predicted octanol–water partition coefficient (Wildman–Crippen LogP) is 1.81. The van der Waals surface area contributed by atoms with Gasteiger partial charge in [0.2, 0.25) is 0 Å². The molecular weight excluding hydrogens is 262 g/mol. The highest BCUT2D eigenvalue weighted by Gasteiger charge is 2.25. The molecule has 0 bridgehead atoms. The highest BCUT2D eigenvalue weighted by Crippen LogP contribution is 2.15. The van der Waals surface area contributed by atoms with Crippen LogP contribution in [-0.2, 0) is 4.74 Å². The summed E-state index contributed by atoms with van der Waals surface area (Å²) in [6.45, 7) is 15.9. The molecule has 2 aliphatic rings. The van der Waals surface area contributed by atoms with E-state index in [1.807, 2.05) is 0 Å². The minimum atomic E-state index is 0.393. The first kappa shape index (κ1) is 17.2. The minimum Gasteiger partial charge on any atom is -0.374 e. The van der Waals surface area contributed by atoms with Gasteiger partial charge < -0.3 is 15.0 Å². The quantitative estimate of drug-likeness (QED) is 0.775. The van der Waals surface area contributed by atoms with Crippen LogP contribution in [0.5, 0.6) is 0 Å². The molecule has 0 amide bonds. The lowest BCUT2D eigenvalue weighted by atomic mass is 9.99. The average molecular weight is 297 g/mol. The van der Waals surface area contributed by atoms with E-state index in [4.69, 9.17) is 4.74 Å². The van der Waals surface area contributed by atoms with E-state index < -0.39 is 0 Å². The van der Waals surface area contributed by atoms with Gasteiger partial charge in [-0.25, -0.2) is 0 Å². The van der Waals surface area contributed by atoms with Crippen LogP contribution in [0.2, 0.25) is 0 Å². The van der Waals surface area contributed by atoms with E-state index in [9.17, 15) is 0 Å². The number of morpholine rings is 1. The lowest BCUT2D eigenvalue weighted by Crippen LogP contribution is -2.50. The summed E-state index contributed by atoms with van der Waals surface area (Å²) in [5.41, 5.74) is 0. The Labute approximate surface area is 131 Å². The standard InChI is InChI=1S/C17H35N3O/c1-4-8-19(12-16-6-5-7-18-11-16)13-17-14-20(15(2)3)9-10-21-17/h15-18H,4-14H2,1-3H3. The molecule has 2 aliphatic heterocycles. The van der Waals surface area contributed by atoms with E-state index in [0.29, 0.717) is 12.1 Å². The molecule has 2 rings (SSSR count). The van der Waals surface area contributed by atoms with Gasteiger partial charge in [0.15, 0.2) is 0 Å². The van der Waals surface area contributed by atoms with Gasteiger partial charge in [-0.2, -0.15) is 0 Å². The van der Waals surface area contributed by atoms with Crippen molar-refractivity contribution in [2.24, 2.45) is 5.92 Å². The van der Waals surface area contributed by atoms with Gasteiger partial charge >= 0.3 is 0 Å². The van der Waals surface area contributed by atoms with E-state index in [0.717, 1.165) is 32.2 Å². The highest BCUT2D eigenvalue weighted by atomic mass is 16.5. The van der Waals surface area contributed by atoms with Crippen molar-refractivity contribution in [3.8, 4) is 0 Å². The predicted molar refractivity (Wildman–Crippen MR) is 88.8 cm³/mol. The van der Waals surface area contributed by atoms with Crippen LogP contribution < -0.4 is 5.32 Å². The summed E-state index contributed by atoms with van der Waals surface area (Å²) < 4.78 is 6.03. The lowest BCUT2D eigenvalue weighted by Gasteiger charge is -2.38. The molecule has 0 radical (unpaired) electrons. The molecular formula is C17H35N3O. The monoisotopic (exact) mass is 297 g/mol. The Hall–Kier alpha value is -0.160. The van der Waals surface area contributed by atoms with E-state index in [1.165, 1.54) is 45.4 Å². The molecule has 0 aromatic heterocycles. The zero-order chi connectivity index (χ0) is 15.1. The third-order valence-corrected chi connectivity index (χ3v) is 4.82. The molecule has 4 heteroatoms. The summed E-state index contributed by atoms with van der Waals surface area (Å²) in [6.07, 6.45) is 4.35. The second kappa shape index (κ2) is 9.09. The Bertz CT molecular complexity index is 279. The summed E-state index contributed by atoms with van der Waals surface area (Å²) >= 11 is 0. The minimum absolute atomic E-state index is 0.393. The van der Waals surface area contributed by atoms with Crippen LogP contribution in [0, 0.1) is 5.92 Å². The van der Waals surface area contributed by atoms with Crippen molar-refractivity contribution in [3.63, 3.8) is 0 Å². The lowest BCUT2D eigenvalue weighted by molar-refractivity contribution is -0.0537. The van der Waals surface area contributed by atoms with Gasteiger partial charge in [-0.05, 0) is 58.7 Å². The molecule has 2 saturated heterocycles. The van der Waals surface area contributed by atoms with Gasteiger partial charge in [-0.1, -0.05) is 6.92 Å². The molecule has 2 fully saturated rings. The number of ether oxygens (including phenoxy) is 1. The molecule has 0 aromatic carbocycles. The van der Waals surface area contributed by atoms with Crippen molar-refractivity contribution in [1.82, 2.24) is 15.1 Å². The summed E-state index contributed by atoms with van der Waals surface area (Å²) in [5, 5.41) is 3.54. The number of rotatable bonds is 7. The van der Waals surface area contributed by atoms with Crippen molar-refractivity contribution in [2.75, 3.05) is 52.4 Å². The average Bonchev–Trinajstić information content (AvgIpc) is 2.49. The van der Waals surface area contributed by atoms with Gasteiger partial charge in [0, 0.05) is 32.2 Å². The SMILES string of the molecule is CCCN(CC1CCCNC1)CC1CN(C(C)C)CCO1. The molecule has 124 valence electrons. The Balaban J connectivity index is 1.80. The van der Waals surface area contributed by atoms with Gasteiger partial charge in [-0.3, -0.25) is 4.90 Å². The van der Waals surface area contributed by atoms with Crippen LogP contribution in [0.3, 0.4) is 0 Å². The Kier molecular flexibility index (Phi) is 7.44. The summed E-state index contributed by atoms with van der Waals surface area (Å²) in [4.78, 5) is 5.20. The van der Waals surface area contributed by atoms with Crippen LogP contribution >= 0.6 is 0 Å². The van der Waals surface area contributed by atoms with Gasteiger partial charge in [0.25, 0.3) is 0 Å². The zero-order valence-corrected chi connectivity index (χ0v) is 14.3. The topological polar surface area (TPSA) is 27.7 Å². The van der Waals surface area contributed by atoms with Crippen molar-refractivity contribution < 1.29 is 4.74 Å². The normalized spacial score (nSPS) is 28.4. The maximum atomic E-state index is 6.03. The largest absolute Gasteiger partial charge is 0.374 e. The maximum absolute atomic E-state index is 6.03. The summed E-state index contributed by atoms with van der Waals surface area (Å²) in [6, 6.07) is 0.638. The second-order valence-corrected chi connectivity index (χ2v) is 7.05. The van der Waals surface area contributed by atoms with E-state index in [1.54, 1.807) is 0 Å². The number of nitrogens with one attached hydrogen (secondary N) is 1. The van der Waals surface area contributed by atoms with Crippen LogP contribution in [0.4, 0.5) is 0 Å². The first-order chi connectivity index (χ1) is 10.2. The summed E-state index contributed by atoms with van der Waals surface area (Å²) in [5.74, 6) is 0.829. The number of hydrogen-bond donors (Lipinski definition) is 1. The number of nitrogens with zero attached hydrogens (tertiary/aromatic N) is 2. The van der Waals surface area contributed by atoms with Crippen molar-refractivity contribution in [2.45, 2.75) is 52.2 Å². The summed E-state index contributed by atoms with van der Waals surface area (Å²) in [7, 11) is 0. The first-order valence-electron chi connectivity index (χ1n) is 8.97. The zero-order valence-electron chi connectivity index (χ0n) is 14.3. The molecule has 0 aliphatic carbocycles. The van der Waals surface area contributed by atoms with Crippen LogP contribution in [0.15, 0.2) is 0 Å². The van der Waals surface area contributed by atoms with E-state index in [2.05, 4.69) is 35.9 Å². The number of piperidine rings is 1. The smallest absolute Gasteiger partial charge is 0.0829 e. The van der Waals surface area contributed by atoms with Crippen LogP contribution in [-0.4, -0.2) is 74.4 Å². The van der Waals surface area contributed by atoms with Crippen molar-refractivity contribution >= 4 is 0 Å². The Morgan fingerprint density at radius 1 is 1.33 bits per heavy atom. The van der Waals surface area contributed by atoms with Gasteiger partial charge in [0.05, 0.1) is 12.7 Å². The third-order valence-electron chi connectivity index (χ3n) is 4.82. The molecule has 0 saturated carbocycles.